The van der Waals surface area contributed by atoms with Crippen molar-refractivity contribution in [3.63, 3.8) is 0 Å². The number of benzene rings is 1. The molecule has 2 aromatic heterocycles. The van der Waals surface area contributed by atoms with Crippen LogP contribution in [-0.4, -0.2) is 46.4 Å². The lowest BCUT2D eigenvalue weighted by Crippen LogP contribution is -2.36. The smallest absolute Gasteiger partial charge is 0.239 e. The number of aryl methyl sites for hydroxylation is 1. The highest BCUT2D eigenvalue weighted by atomic mass is 16.2. The standard InChI is InChI=1S/C26H28N6O2/c1-18-9-8-14-23(28-18)29-24(33)16-31(2)17-25(34)30-26-21(15-27)20-12-6-7-13-22(20)32(26)19-10-4-3-5-11-19/h3-5,8-11,14H,6-7,12-13,16-17H2,1-2H3,(H,30,34)(H,28,29,33). The third-order valence-electron chi connectivity index (χ3n) is 5.84. The van der Waals surface area contributed by atoms with Crippen molar-refractivity contribution in [3.8, 4) is 11.8 Å². The van der Waals surface area contributed by atoms with Crippen LogP contribution in [0.25, 0.3) is 5.69 Å². The molecule has 0 saturated carbocycles. The maximum absolute atomic E-state index is 13.0. The first kappa shape index (κ1) is 23.2. The van der Waals surface area contributed by atoms with Crippen LogP contribution in [0.5, 0.6) is 0 Å². The third-order valence-corrected chi connectivity index (χ3v) is 5.84. The molecule has 0 unspecified atom stereocenters. The van der Waals surface area contributed by atoms with Crippen LogP contribution in [0.1, 0.15) is 35.4 Å². The number of hydrogen-bond acceptors (Lipinski definition) is 5. The van der Waals surface area contributed by atoms with Crippen LogP contribution in [0.15, 0.2) is 48.5 Å². The minimum Gasteiger partial charge on any atom is -0.310 e. The predicted octanol–water partition coefficient (Wildman–Crippen LogP) is 3.44. The van der Waals surface area contributed by atoms with Crippen molar-refractivity contribution in [2.75, 3.05) is 30.8 Å². The fourth-order valence-corrected chi connectivity index (χ4v) is 4.41. The Balaban J connectivity index is 1.49. The monoisotopic (exact) mass is 456 g/mol. The zero-order valence-corrected chi connectivity index (χ0v) is 19.5. The number of amides is 2. The molecule has 3 aromatic rings. The lowest BCUT2D eigenvalue weighted by atomic mass is 9.95. The minimum absolute atomic E-state index is 0.00414. The first-order valence-electron chi connectivity index (χ1n) is 11.4. The largest absolute Gasteiger partial charge is 0.310 e. The van der Waals surface area contributed by atoms with Crippen molar-refractivity contribution in [2.24, 2.45) is 0 Å². The van der Waals surface area contributed by atoms with Gasteiger partial charge in [0.2, 0.25) is 11.8 Å². The summed E-state index contributed by atoms with van der Waals surface area (Å²) >= 11 is 0. The number of fused-ring (bicyclic) bond motifs is 1. The van der Waals surface area contributed by atoms with Gasteiger partial charge < -0.3 is 10.6 Å². The van der Waals surface area contributed by atoms with E-state index in [-0.39, 0.29) is 24.9 Å². The van der Waals surface area contributed by atoms with Crippen LogP contribution in [0, 0.1) is 18.3 Å². The maximum Gasteiger partial charge on any atom is 0.239 e. The van der Waals surface area contributed by atoms with Gasteiger partial charge in [0, 0.05) is 17.1 Å². The normalized spacial score (nSPS) is 12.6. The van der Waals surface area contributed by atoms with Gasteiger partial charge in [-0.05, 0) is 69.5 Å². The molecule has 1 aliphatic carbocycles. The Morgan fingerprint density at radius 3 is 2.44 bits per heavy atom. The molecule has 0 atom stereocenters. The molecule has 2 heterocycles. The molecule has 174 valence electrons. The summed E-state index contributed by atoms with van der Waals surface area (Å²) in [6.07, 6.45) is 3.77. The van der Waals surface area contributed by atoms with Crippen LogP contribution in [0.3, 0.4) is 0 Å². The topological polar surface area (TPSA) is 103 Å². The average Bonchev–Trinajstić information content (AvgIpc) is 3.12. The van der Waals surface area contributed by atoms with Gasteiger partial charge in [-0.25, -0.2) is 4.98 Å². The molecule has 0 radical (unpaired) electrons. The molecule has 0 saturated heterocycles. The number of pyridine rings is 1. The van der Waals surface area contributed by atoms with Crippen LogP contribution >= 0.6 is 0 Å². The highest BCUT2D eigenvalue weighted by Gasteiger charge is 2.27. The average molecular weight is 457 g/mol. The number of hydrogen-bond donors (Lipinski definition) is 2. The van der Waals surface area contributed by atoms with Crippen molar-refractivity contribution in [2.45, 2.75) is 32.6 Å². The quantitative estimate of drug-likeness (QED) is 0.567. The number of nitriles is 1. The highest BCUT2D eigenvalue weighted by molar-refractivity contribution is 5.95. The van der Waals surface area contributed by atoms with Gasteiger partial charge in [-0.3, -0.25) is 19.1 Å². The zero-order chi connectivity index (χ0) is 24.1. The summed E-state index contributed by atoms with van der Waals surface area (Å²) in [5.74, 6) is 0.446. The number of para-hydroxylation sites is 1. The van der Waals surface area contributed by atoms with Gasteiger partial charge in [0.15, 0.2) is 0 Å². The first-order valence-corrected chi connectivity index (χ1v) is 11.4. The fraction of sp³-hybridized carbons (Fsp3) is 0.308. The van der Waals surface area contributed by atoms with E-state index in [2.05, 4.69) is 21.7 Å². The number of likely N-dealkylation sites (N-methyl/N-ethyl adjacent to an activating group) is 1. The van der Waals surface area contributed by atoms with E-state index >= 15 is 0 Å². The lowest BCUT2D eigenvalue weighted by Gasteiger charge is -2.18. The summed E-state index contributed by atoms with van der Waals surface area (Å²) in [7, 11) is 1.70. The molecule has 1 aromatic carbocycles. The molecule has 0 fully saturated rings. The molecular formula is C26H28N6O2. The van der Waals surface area contributed by atoms with Crippen LogP contribution in [0.2, 0.25) is 0 Å². The molecule has 4 rings (SSSR count). The molecule has 1 aliphatic rings. The number of carbonyl (C=O) groups excluding carboxylic acids is 2. The van der Waals surface area contributed by atoms with Crippen LogP contribution in [0.4, 0.5) is 11.6 Å². The first-order chi connectivity index (χ1) is 16.5. The summed E-state index contributed by atoms with van der Waals surface area (Å²) < 4.78 is 2.00. The van der Waals surface area contributed by atoms with Crippen molar-refractivity contribution < 1.29 is 9.59 Å². The van der Waals surface area contributed by atoms with E-state index in [1.54, 1.807) is 18.0 Å². The van der Waals surface area contributed by atoms with Gasteiger partial charge in [-0.2, -0.15) is 5.26 Å². The van der Waals surface area contributed by atoms with E-state index in [9.17, 15) is 14.9 Å². The van der Waals surface area contributed by atoms with Gasteiger partial charge in [0.1, 0.15) is 17.7 Å². The molecule has 0 spiro atoms. The zero-order valence-electron chi connectivity index (χ0n) is 19.5. The van der Waals surface area contributed by atoms with Gasteiger partial charge in [0.25, 0.3) is 0 Å². The van der Waals surface area contributed by atoms with E-state index in [1.165, 1.54) is 0 Å². The second-order valence-electron chi connectivity index (χ2n) is 8.57. The molecular weight excluding hydrogens is 428 g/mol. The number of carbonyl (C=O) groups is 2. The summed E-state index contributed by atoms with van der Waals surface area (Å²) in [5, 5.41) is 15.6. The molecule has 34 heavy (non-hydrogen) atoms. The molecule has 0 bridgehead atoms. The summed E-state index contributed by atoms with van der Waals surface area (Å²) in [6, 6.07) is 17.5. The summed E-state index contributed by atoms with van der Waals surface area (Å²) in [5.41, 5.74) is 4.35. The molecule has 8 nitrogen and oxygen atoms in total. The predicted molar refractivity (Wildman–Crippen MR) is 131 cm³/mol. The van der Waals surface area contributed by atoms with E-state index < -0.39 is 0 Å². The van der Waals surface area contributed by atoms with Crippen molar-refractivity contribution in [1.29, 1.82) is 5.26 Å². The van der Waals surface area contributed by atoms with Gasteiger partial charge in [0.05, 0.1) is 18.7 Å². The SMILES string of the molecule is Cc1cccc(NC(=O)CN(C)CC(=O)Nc2c(C#N)c3c(n2-c2ccccc2)CCCC3)n1. The Labute approximate surface area is 199 Å². The van der Waals surface area contributed by atoms with Gasteiger partial charge in [-0.1, -0.05) is 24.3 Å². The van der Waals surface area contributed by atoms with E-state index in [0.717, 1.165) is 48.3 Å². The van der Waals surface area contributed by atoms with E-state index in [1.807, 2.05) is 54.0 Å². The van der Waals surface area contributed by atoms with E-state index in [0.29, 0.717) is 17.2 Å². The van der Waals surface area contributed by atoms with Gasteiger partial charge >= 0.3 is 0 Å². The Hall–Kier alpha value is -3.96. The highest BCUT2D eigenvalue weighted by Crippen LogP contribution is 2.35. The number of aromatic nitrogens is 2. The Bertz CT molecular complexity index is 1240. The summed E-state index contributed by atoms with van der Waals surface area (Å²) in [6.45, 7) is 1.89. The maximum atomic E-state index is 13.0. The molecule has 2 N–H and O–H groups in total. The van der Waals surface area contributed by atoms with Crippen molar-refractivity contribution in [1.82, 2.24) is 14.5 Å². The van der Waals surface area contributed by atoms with Crippen LogP contribution in [-0.2, 0) is 22.4 Å². The number of nitrogens with one attached hydrogen (secondary N) is 2. The third kappa shape index (κ3) is 5.16. The van der Waals surface area contributed by atoms with Crippen molar-refractivity contribution in [3.05, 3.63) is 71.0 Å². The van der Waals surface area contributed by atoms with Gasteiger partial charge in [-0.15, -0.1) is 0 Å². The number of anilines is 2. The molecule has 8 heteroatoms. The van der Waals surface area contributed by atoms with E-state index in [4.69, 9.17) is 0 Å². The lowest BCUT2D eigenvalue weighted by molar-refractivity contribution is -0.119. The molecule has 2 amide bonds. The Morgan fingerprint density at radius 2 is 1.74 bits per heavy atom. The number of rotatable bonds is 7. The van der Waals surface area contributed by atoms with Crippen LogP contribution < -0.4 is 10.6 Å². The summed E-state index contributed by atoms with van der Waals surface area (Å²) in [4.78, 5) is 31.2. The van der Waals surface area contributed by atoms with Crippen molar-refractivity contribution >= 4 is 23.5 Å². The second kappa shape index (κ2) is 10.3. The Kier molecular flexibility index (Phi) is 7.04. The fourth-order valence-electron chi connectivity index (χ4n) is 4.41. The second-order valence-corrected chi connectivity index (χ2v) is 8.57. The molecule has 0 aliphatic heterocycles. The number of nitrogens with zero attached hydrogens (tertiary/aromatic N) is 4. The Morgan fingerprint density at radius 1 is 1.03 bits per heavy atom. The minimum atomic E-state index is -0.285.